The van der Waals surface area contributed by atoms with Crippen LogP contribution in [-0.4, -0.2) is 66.6 Å². The van der Waals surface area contributed by atoms with Crippen LogP contribution in [0.1, 0.15) is 55.7 Å². The van der Waals surface area contributed by atoms with E-state index in [2.05, 4.69) is 41.3 Å². The summed E-state index contributed by atoms with van der Waals surface area (Å²) in [6, 6.07) is 18.8. The maximum absolute atomic E-state index is 10.8. The highest BCUT2D eigenvalue weighted by Crippen LogP contribution is 2.36. The van der Waals surface area contributed by atoms with Crippen LogP contribution < -0.4 is 0 Å². The molecule has 0 radical (unpaired) electrons. The lowest BCUT2D eigenvalue weighted by Crippen LogP contribution is -2.31. The zero-order valence-corrected chi connectivity index (χ0v) is 22.0. The summed E-state index contributed by atoms with van der Waals surface area (Å²) in [4.78, 5) is 24.1. The normalized spacial score (nSPS) is 18.1. The molecule has 1 fully saturated rings. The summed E-state index contributed by atoms with van der Waals surface area (Å²) in [6.07, 6.45) is 5.67. The molecule has 0 saturated carbocycles. The average molecular weight is 532 g/mol. The molecule has 1 saturated heterocycles. The number of benzene rings is 2. The molecule has 0 amide bonds. The Morgan fingerprint density at radius 2 is 1.51 bits per heavy atom. The van der Waals surface area contributed by atoms with Crippen molar-refractivity contribution in [2.75, 3.05) is 39.5 Å². The average Bonchev–Trinajstić information content (AvgIpc) is 3.13. The molecular formula is C29H38ClNO6. The largest absolute Gasteiger partial charge is 0.480 e. The Balaban J connectivity index is 1.67. The van der Waals surface area contributed by atoms with Gasteiger partial charge in [-0.05, 0) is 86.7 Å². The SMILES string of the molecule is O=C(O)COCCCC(CCOCC(=O)O)C1CCCN([C@H](c2ccccc2)c2ccc(Cl)cc2)CC1. The molecule has 1 aliphatic heterocycles. The highest BCUT2D eigenvalue weighted by atomic mass is 35.5. The number of halogens is 1. The van der Waals surface area contributed by atoms with Crippen molar-refractivity contribution in [3.05, 3.63) is 70.7 Å². The van der Waals surface area contributed by atoms with Crippen LogP contribution in [0.4, 0.5) is 0 Å². The van der Waals surface area contributed by atoms with Crippen molar-refractivity contribution >= 4 is 23.5 Å². The van der Waals surface area contributed by atoms with Crippen molar-refractivity contribution in [2.24, 2.45) is 11.8 Å². The van der Waals surface area contributed by atoms with Crippen LogP contribution in [0.15, 0.2) is 54.6 Å². The molecule has 0 bridgehead atoms. The van der Waals surface area contributed by atoms with Crippen molar-refractivity contribution in [3.8, 4) is 0 Å². The van der Waals surface area contributed by atoms with Crippen molar-refractivity contribution in [3.63, 3.8) is 0 Å². The van der Waals surface area contributed by atoms with E-state index < -0.39 is 11.9 Å². The lowest BCUT2D eigenvalue weighted by molar-refractivity contribution is -0.143. The van der Waals surface area contributed by atoms with Crippen LogP contribution >= 0.6 is 11.6 Å². The molecular weight excluding hydrogens is 494 g/mol. The van der Waals surface area contributed by atoms with E-state index in [4.69, 9.17) is 31.3 Å². The Hall–Kier alpha value is -2.45. The van der Waals surface area contributed by atoms with Gasteiger partial charge in [0, 0.05) is 18.2 Å². The summed E-state index contributed by atoms with van der Waals surface area (Å²) < 4.78 is 10.6. The Labute approximate surface area is 224 Å². The molecule has 0 aliphatic carbocycles. The van der Waals surface area contributed by atoms with Gasteiger partial charge in [0.05, 0.1) is 6.04 Å². The van der Waals surface area contributed by atoms with E-state index in [1.807, 2.05) is 18.2 Å². The van der Waals surface area contributed by atoms with Gasteiger partial charge in [-0.1, -0.05) is 54.1 Å². The highest BCUT2D eigenvalue weighted by Gasteiger charge is 2.29. The number of carbonyl (C=O) groups is 2. The monoisotopic (exact) mass is 531 g/mol. The van der Waals surface area contributed by atoms with Gasteiger partial charge in [-0.15, -0.1) is 0 Å². The van der Waals surface area contributed by atoms with Gasteiger partial charge in [0.15, 0.2) is 0 Å². The number of carboxylic acids is 2. The fraction of sp³-hybridized carbons (Fsp3) is 0.517. The van der Waals surface area contributed by atoms with Crippen LogP contribution in [0, 0.1) is 11.8 Å². The first-order chi connectivity index (χ1) is 17.9. The predicted molar refractivity (Wildman–Crippen MR) is 143 cm³/mol. The minimum Gasteiger partial charge on any atom is -0.480 e. The zero-order valence-electron chi connectivity index (χ0n) is 21.3. The van der Waals surface area contributed by atoms with Gasteiger partial charge in [-0.2, -0.15) is 0 Å². The Morgan fingerprint density at radius 3 is 2.19 bits per heavy atom. The predicted octanol–water partition coefficient (Wildman–Crippen LogP) is 5.52. The van der Waals surface area contributed by atoms with Crippen molar-refractivity contribution in [1.29, 1.82) is 0 Å². The zero-order chi connectivity index (χ0) is 26.5. The molecule has 0 spiro atoms. The topological polar surface area (TPSA) is 96.3 Å². The lowest BCUT2D eigenvalue weighted by Gasteiger charge is -2.32. The number of hydrogen-bond acceptors (Lipinski definition) is 5. The molecule has 1 heterocycles. The first-order valence-electron chi connectivity index (χ1n) is 13.1. The summed E-state index contributed by atoms with van der Waals surface area (Å²) in [5.41, 5.74) is 2.49. The van der Waals surface area contributed by atoms with E-state index in [0.29, 0.717) is 25.0 Å². The summed E-state index contributed by atoms with van der Waals surface area (Å²) in [5.74, 6) is -1.07. The number of likely N-dealkylation sites (tertiary alicyclic amines) is 1. The second kappa shape index (κ2) is 15.7. The summed E-state index contributed by atoms with van der Waals surface area (Å²) in [5, 5.41) is 18.4. The number of carboxylic acid groups (broad SMARTS) is 2. The Bertz CT molecular complexity index is 955. The number of hydrogen-bond donors (Lipinski definition) is 2. The van der Waals surface area contributed by atoms with Gasteiger partial charge >= 0.3 is 11.9 Å². The van der Waals surface area contributed by atoms with Gasteiger partial charge in [-0.3, -0.25) is 4.90 Å². The molecule has 2 N–H and O–H groups in total. The van der Waals surface area contributed by atoms with Gasteiger partial charge in [0.2, 0.25) is 0 Å². The molecule has 37 heavy (non-hydrogen) atoms. The van der Waals surface area contributed by atoms with E-state index in [9.17, 15) is 9.59 Å². The highest BCUT2D eigenvalue weighted by molar-refractivity contribution is 6.30. The second-order valence-corrected chi connectivity index (χ2v) is 10.1. The molecule has 2 aromatic rings. The molecule has 2 aromatic carbocycles. The van der Waals surface area contributed by atoms with E-state index in [0.717, 1.165) is 56.6 Å². The Kier molecular flexibility index (Phi) is 12.4. The maximum atomic E-state index is 10.8. The standard InChI is InChI=1S/C29H38ClNO6/c30-26-12-10-25(11-13-26)29(24-6-2-1-3-7-24)31-16-4-8-22(14-17-31)23(15-19-37-21-28(34)35)9-5-18-36-20-27(32)33/h1-3,6-7,10-13,22-23,29H,4-5,8-9,14-21H2,(H,32,33)(H,34,35)/t22?,23?,29-/m1/s1. The number of nitrogens with zero attached hydrogens (tertiary/aromatic N) is 1. The van der Waals surface area contributed by atoms with Crippen LogP contribution in [0.25, 0.3) is 0 Å². The minimum atomic E-state index is -0.962. The third-order valence-electron chi connectivity index (χ3n) is 7.09. The first-order valence-corrected chi connectivity index (χ1v) is 13.5. The minimum absolute atomic E-state index is 0.152. The van der Waals surface area contributed by atoms with E-state index >= 15 is 0 Å². The molecule has 202 valence electrons. The molecule has 1 aliphatic rings. The summed E-state index contributed by atoms with van der Waals surface area (Å²) >= 11 is 6.18. The van der Waals surface area contributed by atoms with Crippen LogP contribution in [0.3, 0.4) is 0 Å². The van der Waals surface area contributed by atoms with Gasteiger partial charge < -0.3 is 19.7 Å². The van der Waals surface area contributed by atoms with Crippen LogP contribution in [0.2, 0.25) is 5.02 Å². The van der Waals surface area contributed by atoms with E-state index in [1.54, 1.807) is 0 Å². The third kappa shape index (κ3) is 10.1. The number of ether oxygens (including phenoxy) is 2. The third-order valence-corrected chi connectivity index (χ3v) is 7.34. The smallest absolute Gasteiger partial charge is 0.329 e. The molecule has 8 heteroatoms. The van der Waals surface area contributed by atoms with Crippen LogP contribution in [-0.2, 0) is 19.1 Å². The lowest BCUT2D eigenvalue weighted by atomic mass is 9.81. The molecule has 0 aromatic heterocycles. The van der Waals surface area contributed by atoms with Gasteiger partial charge in [0.25, 0.3) is 0 Å². The van der Waals surface area contributed by atoms with E-state index in [-0.39, 0.29) is 19.3 Å². The molecule has 3 atom stereocenters. The van der Waals surface area contributed by atoms with Crippen molar-refractivity contribution in [2.45, 2.75) is 44.6 Å². The number of aliphatic carboxylic acids is 2. The molecule has 2 unspecified atom stereocenters. The van der Waals surface area contributed by atoms with E-state index in [1.165, 1.54) is 11.1 Å². The second-order valence-electron chi connectivity index (χ2n) is 9.68. The number of rotatable bonds is 15. The fourth-order valence-electron chi connectivity index (χ4n) is 5.39. The maximum Gasteiger partial charge on any atom is 0.329 e. The quantitative estimate of drug-likeness (QED) is 0.292. The molecule has 3 rings (SSSR count). The van der Waals surface area contributed by atoms with Crippen molar-refractivity contribution < 1.29 is 29.3 Å². The summed E-state index contributed by atoms with van der Waals surface area (Å²) in [6.45, 7) is 2.19. The van der Waals surface area contributed by atoms with Gasteiger partial charge in [-0.25, -0.2) is 9.59 Å². The van der Waals surface area contributed by atoms with Gasteiger partial charge in [0.1, 0.15) is 13.2 Å². The van der Waals surface area contributed by atoms with Crippen LogP contribution in [0.5, 0.6) is 0 Å². The Morgan fingerprint density at radius 1 is 0.865 bits per heavy atom. The fourth-order valence-corrected chi connectivity index (χ4v) is 5.51. The first kappa shape index (κ1) is 29.1. The molecule has 7 nitrogen and oxygen atoms in total. The van der Waals surface area contributed by atoms with Crippen molar-refractivity contribution in [1.82, 2.24) is 4.90 Å². The summed E-state index contributed by atoms with van der Waals surface area (Å²) in [7, 11) is 0.